The molecule has 30 heavy (non-hydrogen) atoms. The second-order valence-corrected chi connectivity index (χ2v) is 7.32. The fraction of sp³-hybridized carbons (Fsp3) is 0.130. The second kappa shape index (κ2) is 8.12. The molecule has 0 unspecified atom stereocenters. The lowest BCUT2D eigenvalue weighted by Gasteiger charge is -2.32. The van der Waals surface area contributed by atoms with Gasteiger partial charge in [-0.3, -0.25) is 4.79 Å². The Balaban J connectivity index is 1.85. The number of hydrogen-bond acceptors (Lipinski definition) is 3. The number of rotatable bonds is 4. The first-order chi connectivity index (χ1) is 14.5. The molecule has 0 aromatic heterocycles. The fourth-order valence-corrected chi connectivity index (χ4v) is 3.99. The van der Waals surface area contributed by atoms with Gasteiger partial charge in [0.1, 0.15) is 11.6 Å². The molecule has 1 atom stereocenters. The molecule has 5 nitrogen and oxygen atoms in total. The summed E-state index contributed by atoms with van der Waals surface area (Å²) >= 11 is 5.36. The highest BCUT2D eigenvalue weighted by Gasteiger charge is 2.33. The van der Waals surface area contributed by atoms with Crippen molar-refractivity contribution in [1.29, 1.82) is 0 Å². The quantitative estimate of drug-likeness (QED) is 0.545. The summed E-state index contributed by atoms with van der Waals surface area (Å²) in [5.74, 6) is -0.310. The molecular weight excluding hydrogens is 401 g/mol. The highest BCUT2D eigenvalue weighted by Crippen LogP contribution is 2.38. The number of allylic oxidation sites excluding steroid dienone is 1. The van der Waals surface area contributed by atoms with Crippen LogP contribution in [0.1, 0.15) is 18.5 Å². The van der Waals surface area contributed by atoms with Gasteiger partial charge in [-0.1, -0.05) is 42.5 Å². The first-order valence-corrected chi connectivity index (χ1v) is 9.80. The summed E-state index contributed by atoms with van der Waals surface area (Å²) in [5, 5.41) is 11.2. The Morgan fingerprint density at radius 1 is 1.10 bits per heavy atom. The summed E-state index contributed by atoms with van der Waals surface area (Å²) in [6.45, 7) is 1.77. The largest absolute Gasteiger partial charge is 0.496 e. The van der Waals surface area contributed by atoms with Gasteiger partial charge in [0.15, 0.2) is 5.11 Å². The smallest absolute Gasteiger partial charge is 0.255 e. The monoisotopic (exact) mass is 421 g/mol. The Kier molecular flexibility index (Phi) is 5.37. The number of carbonyl (C=O) groups excluding carboxylic acids is 1. The van der Waals surface area contributed by atoms with Crippen molar-refractivity contribution in [2.75, 3.05) is 12.4 Å². The summed E-state index contributed by atoms with van der Waals surface area (Å²) in [7, 11) is 1.59. The number of nitrogens with one attached hydrogen (secondary N) is 3. The SMILES string of the molecule is COc1ccc2ccccc2c1[C@@H]1NC(=S)NC(C)=C1C(=O)Nc1ccccc1F. The van der Waals surface area contributed by atoms with Crippen LogP contribution in [-0.2, 0) is 4.79 Å². The van der Waals surface area contributed by atoms with Crippen LogP contribution in [0.25, 0.3) is 10.8 Å². The maximum Gasteiger partial charge on any atom is 0.255 e. The van der Waals surface area contributed by atoms with Crippen molar-refractivity contribution in [3.63, 3.8) is 0 Å². The van der Waals surface area contributed by atoms with Crippen molar-refractivity contribution in [2.45, 2.75) is 13.0 Å². The summed E-state index contributed by atoms with van der Waals surface area (Å²) in [5.41, 5.74) is 1.89. The number of para-hydroxylation sites is 1. The molecule has 1 heterocycles. The third-order valence-electron chi connectivity index (χ3n) is 5.08. The maximum absolute atomic E-state index is 14.1. The summed E-state index contributed by atoms with van der Waals surface area (Å²) in [6.07, 6.45) is 0. The molecule has 0 radical (unpaired) electrons. The van der Waals surface area contributed by atoms with Crippen LogP contribution in [0.5, 0.6) is 5.75 Å². The van der Waals surface area contributed by atoms with Gasteiger partial charge in [0.05, 0.1) is 24.4 Å². The minimum absolute atomic E-state index is 0.111. The van der Waals surface area contributed by atoms with Gasteiger partial charge in [0.2, 0.25) is 0 Å². The molecule has 4 rings (SSSR count). The molecule has 3 aromatic carbocycles. The van der Waals surface area contributed by atoms with Crippen molar-refractivity contribution in [1.82, 2.24) is 10.6 Å². The van der Waals surface area contributed by atoms with Crippen molar-refractivity contribution < 1.29 is 13.9 Å². The van der Waals surface area contributed by atoms with E-state index in [2.05, 4.69) is 16.0 Å². The lowest BCUT2D eigenvalue weighted by Crippen LogP contribution is -2.46. The zero-order valence-corrected chi connectivity index (χ0v) is 17.3. The number of benzene rings is 3. The van der Waals surface area contributed by atoms with Gasteiger partial charge >= 0.3 is 0 Å². The molecule has 7 heteroatoms. The average molecular weight is 421 g/mol. The van der Waals surface area contributed by atoms with E-state index in [-0.39, 0.29) is 5.69 Å². The standard InChI is InChI=1S/C23H20FN3O2S/c1-13-19(22(28)26-17-10-6-5-9-16(17)24)21(27-23(30)25-13)20-15-8-4-3-7-14(15)11-12-18(20)29-2/h3-12,21H,1-2H3,(H,26,28)(H2,25,27,30)/t21-/m1/s1. The van der Waals surface area contributed by atoms with Crippen molar-refractivity contribution in [3.8, 4) is 5.75 Å². The number of ether oxygens (including phenoxy) is 1. The third-order valence-corrected chi connectivity index (χ3v) is 5.30. The Morgan fingerprint density at radius 2 is 1.83 bits per heavy atom. The van der Waals surface area contributed by atoms with Crippen LogP contribution in [0.3, 0.4) is 0 Å². The van der Waals surface area contributed by atoms with Gasteiger partial charge in [0.25, 0.3) is 5.91 Å². The molecule has 1 aliphatic heterocycles. The predicted molar refractivity (Wildman–Crippen MR) is 120 cm³/mol. The van der Waals surface area contributed by atoms with Crippen LogP contribution in [0.15, 0.2) is 71.9 Å². The van der Waals surface area contributed by atoms with E-state index in [0.717, 1.165) is 16.3 Å². The molecule has 1 amide bonds. The molecule has 3 aromatic rings. The van der Waals surface area contributed by atoms with Crippen LogP contribution in [0, 0.1) is 5.82 Å². The molecule has 152 valence electrons. The second-order valence-electron chi connectivity index (χ2n) is 6.91. The molecule has 3 N–H and O–H groups in total. The number of amides is 1. The number of halogens is 1. The number of thiocarbonyl (C=S) groups is 1. The van der Waals surface area contributed by atoms with E-state index in [4.69, 9.17) is 17.0 Å². The van der Waals surface area contributed by atoms with Crippen molar-refractivity contribution >= 4 is 39.7 Å². The number of hydrogen-bond donors (Lipinski definition) is 3. The predicted octanol–water partition coefficient (Wildman–Crippen LogP) is 4.42. The normalized spacial score (nSPS) is 16.1. The average Bonchev–Trinajstić information content (AvgIpc) is 2.73. The van der Waals surface area contributed by atoms with Gasteiger partial charge in [-0.05, 0) is 48.1 Å². The Bertz CT molecular complexity index is 1190. The minimum atomic E-state index is -0.577. The van der Waals surface area contributed by atoms with Crippen molar-refractivity contribution in [2.24, 2.45) is 0 Å². The molecule has 0 bridgehead atoms. The Morgan fingerprint density at radius 3 is 2.60 bits per heavy atom. The molecular formula is C23H20FN3O2S. The summed E-state index contributed by atoms with van der Waals surface area (Å²) in [6, 6.07) is 17.2. The fourth-order valence-electron chi connectivity index (χ4n) is 3.71. The van der Waals surface area contributed by atoms with E-state index in [1.165, 1.54) is 12.1 Å². The Labute approximate surface area is 178 Å². The van der Waals surface area contributed by atoms with Crippen molar-refractivity contribution in [3.05, 3.63) is 83.3 Å². The van der Waals surface area contributed by atoms with E-state index < -0.39 is 17.8 Å². The van der Waals surface area contributed by atoms with Crippen LogP contribution < -0.4 is 20.7 Å². The number of anilines is 1. The lowest BCUT2D eigenvalue weighted by atomic mass is 9.90. The molecule has 0 aliphatic carbocycles. The van der Waals surface area contributed by atoms with Gasteiger partial charge < -0.3 is 20.7 Å². The van der Waals surface area contributed by atoms with E-state index >= 15 is 0 Å². The first-order valence-electron chi connectivity index (χ1n) is 9.39. The maximum atomic E-state index is 14.1. The molecule has 0 spiro atoms. The molecule has 0 saturated carbocycles. The zero-order valence-electron chi connectivity index (χ0n) is 16.5. The third kappa shape index (κ3) is 3.59. The molecule has 0 saturated heterocycles. The Hall–Kier alpha value is -3.45. The lowest BCUT2D eigenvalue weighted by molar-refractivity contribution is -0.113. The van der Waals surface area contributed by atoms with E-state index in [9.17, 15) is 9.18 Å². The minimum Gasteiger partial charge on any atom is -0.496 e. The van der Waals surface area contributed by atoms with Gasteiger partial charge in [-0.15, -0.1) is 0 Å². The van der Waals surface area contributed by atoms with Crippen LogP contribution >= 0.6 is 12.2 Å². The highest BCUT2D eigenvalue weighted by molar-refractivity contribution is 7.80. The van der Waals surface area contributed by atoms with E-state index in [1.54, 1.807) is 26.2 Å². The highest BCUT2D eigenvalue weighted by atomic mass is 32.1. The van der Waals surface area contributed by atoms with E-state index in [1.807, 2.05) is 36.4 Å². The number of methoxy groups -OCH3 is 1. The topological polar surface area (TPSA) is 62.4 Å². The summed E-state index contributed by atoms with van der Waals surface area (Å²) in [4.78, 5) is 13.3. The van der Waals surface area contributed by atoms with Crippen LogP contribution in [0.4, 0.5) is 10.1 Å². The van der Waals surface area contributed by atoms with Crippen LogP contribution in [0.2, 0.25) is 0 Å². The molecule has 1 aliphatic rings. The van der Waals surface area contributed by atoms with Gasteiger partial charge in [-0.2, -0.15) is 0 Å². The van der Waals surface area contributed by atoms with Crippen LogP contribution in [-0.4, -0.2) is 18.1 Å². The van der Waals surface area contributed by atoms with E-state index in [0.29, 0.717) is 22.1 Å². The zero-order chi connectivity index (χ0) is 21.3. The van der Waals surface area contributed by atoms with Gasteiger partial charge in [0, 0.05) is 11.3 Å². The number of fused-ring (bicyclic) bond motifs is 1. The molecule has 0 fully saturated rings. The first kappa shape index (κ1) is 19.8. The summed E-state index contributed by atoms with van der Waals surface area (Å²) < 4.78 is 19.7. The number of carbonyl (C=O) groups is 1. The van der Waals surface area contributed by atoms with Gasteiger partial charge in [-0.25, -0.2) is 4.39 Å².